The highest BCUT2D eigenvalue weighted by molar-refractivity contribution is 6.02. The van der Waals surface area contributed by atoms with Crippen LogP contribution in [0.15, 0.2) is 54.2 Å². The maximum Gasteiger partial charge on any atom is 0.243 e. The lowest BCUT2D eigenvalue weighted by molar-refractivity contribution is -0.570. The van der Waals surface area contributed by atoms with Crippen LogP contribution in [0.4, 0.5) is 5.69 Å². The SMILES string of the molecule is CC(=O)[O-].CNc1ccc2nc3c([n+](-c4ccccc4)c2c1)C=C(N)CC3=O. The first-order valence-corrected chi connectivity index (χ1v) is 8.70. The summed E-state index contributed by atoms with van der Waals surface area (Å²) in [5, 5.41) is 12.0. The summed E-state index contributed by atoms with van der Waals surface area (Å²) in [5.74, 6) is -1.13. The van der Waals surface area contributed by atoms with Gasteiger partial charge >= 0.3 is 0 Å². The topological polar surface area (TPSA) is 112 Å². The van der Waals surface area contributed by atoms with E-state index in [-0.39, 0.29) is 12.2 Å². The summed E-state index contributed by atoms with van der Waals surface area (Å²) in [6.45, 7) is 0.972. The van der Waals surface area contributed by atoms with E-state index in [4.69, 9.17) is 15.6 Å². The van der Waals surface area contributed by atoms with E-state index in [2.05, 4.69) is 10.3 Å². The van der Waals surface area contributed by atoms with Crippen LogP contribution in [0.3, 0.4) is 0 Å². The normalized spacial score (nSPS) is 12.5. The van der Waals surface area contributed by atoms with E-state index in [1.165, 1.54) is 0 Å². The number of Topliss-reactive ketones (excluding diaryl/α,β-unsaturated/α-hetero) is 1. The number of nitrogens with zero attached hydrogens (tertiary/aromatic N) is 2. The molecule has 7 nitrogen and oxygen atoms in total. The van der Waals surface area contributed by atoms with Gasteiger partial charge in [-0.05, 0) is 19.1 Å². The molecule has 0 saturated carbocycles. The monoisotopic (exact) mass is 376 g/mol. The van der Waals surface area contributed by atoms with Gasteiger partial charge in [-0.1, -0.05) is 18.2 Å². The molecule has 1 aliphatic rings. The first-order valence-electron chi connectivity index (χ1n) is 8.70. The highest BCUT2D eigenvalue weighted by atomic mass is 16.4. The molecule has 4 rings (SSSR count). The van der Waals surface area contributed by atoms with Crippen molar-refractivity contribution in [2.75, 3.05) is 12.4 Å². The number of anilines is 1. The van der Waals surface area contributed by atoms with Gasteiger partial charge in [0.25, 0.3) is 0 Å². The smallest absolute Gasteiger partial charge is 0.243 e. The van der Waals surface area contributed by atoms with Crippen molar-refractivity contribution in [1.29, 1.82) is 0 Å². The Bertz CT molecular complexity index is 1090. The maximum absolute atomic E-state index is 12.4. The van der Waals surface area contributed by atoms with Crippen LogP contribution in [0, 0.1) is 0 Å². The van der Waals surface area contributed by atoms with Crippen LogP contribution >= 0.6 is 0 Å². The molecule has 3 N–H and O–H groups in total. The van der Waals surface area contributed by atoms with Gasteiger partial charge in [0.15, 0.2) is 11.5 Å². The van der Waals surface area contributed by atoms with Gasteiger partial charge in [0.05, 0.1) is 6.42 Å². The maximum atomic E-state index is 12.4. The number of aliphatic carboxylic acids is 1. The lowest BCUT2D eigenvalue weighted by atomic mass is 10.0. The summed E-state index contributed by atoms with van der Waals surface area (Å²) in [7, 11) is 1.88. The zero-order chi connectivity index (χ0) is 20.3. The van der Waals surface area contributed by atoms with E-state index in [1.807, 2.05) is 66.2 Å². The Morgan fingerprint density at radius 2 is 1.89 bits per heavy atom. The third kappa shape index (κ3) is 3.83. The molecule has 3 aromatic rings. The number of para-hydroxylation sites is 1. The molecule has 0 amide bonds. The first-order chi connectivity index (χ1) is 13.4. The van der Waals surface area contributed by atoms with E-state index >= 15 is 0 Å². The molecule has 1 aliphatic carbocycles. The van der Waals surface area contributed by atoms with Crippen molar-refractivity contribution in [3.63, 3.8) is 0 Å². The summed E-state index contributed by atoms with van der Waals surface area (Å²) in [6.07, 6.45) is 2.07. The number of nitrogens with two attached hydrogens (primary N) is 1. The Hall–Kier alpha value is -3.74. The minimum Gasteiger partial charge on any atom is -0.550 e. The molecule has 1 aromatic heterocycles. The van der Waals surface area contributed by atoms with Gasteiger partial charge < -0.3 is 21.0 Å². The molecule has 0 spiro atoms. The fourth-order valence-corrected chi connectivity index (χ4v) is 3.06. The average Bonchev–Trinajstić information content (AvgIpc) is 2.66. The number of hydrogen-bond donors (Lipinski definition) is 2. The molecule has 0 aliphatic heterocycles. The molecule has 142 valence electrons. The third-order valence-electron chi connectivity index (χ3n) is 4.19. The molecule has 0 unspecified atom stereocenters. The van der Waals surface area contributed by atoms with E-state index in [1.54, 1.807) is 0 Å². The Kier molecular flexibility index (Phi) is 5.35. The number of carbonyl (C=O) groups is 2. The highest BCUT2D eigenvalue weighted by Crippen LogP contribution is 2.24. The van der Waals surface area contributed by atoms with Crippen LogP contribution < -0.4 is 20.7 Å². The minimum atomic E-state index is -1.08. The van der Waals surface area contributed by atoms with E-state index in [0.717, 1.165) is 35.0 Å². The number of fused-ring (bicyclic) bond motifs is 2. The summed E-state index contributed by atoms with van der Waals surface area (Å²) in [4.78, 5) is 25.9. The number of rotatable bonds is 2. The van der Waals surface area contributed by atoms with Crippen molar-refractivity contribution >= 4 is 34.5 Å². The highest BCUT2D eigenvalue weighted by Gasteiger charge is 2.30. The van der Waals surface area contributed by atoms with Gasteiger partial charge in [0.1, 0.15) is 5.52 Å². The summed E-state index contributed by atoms with van der Waals surface area (Å²) in [6, 6.07) is 15.8. The molecule has 0 saturated heterocycles. The molecule has 7 heteroatoms. The molecule has 0 bridgehead atoms. The molecule has 0 radical (unpaired) electrons. The molecular formula is C21H20N4O3. The Morgan fingerprint density at radius 1 is 1.21 bits per heavy atom. The van der Waals surface area contributed by atoms with Crippen molar-refractivity contribution in [3.05, 3.63) is 65.6 Å². The second-order valence-corrected chi connectivity index (χ2v) is 6.28. The number of allylic oxidation sites excluding steroid dienone is 1. The van der Waals surface area contributed by atoms with Crippen LogP contribution in [0.5, 0.6) is 0 Å². The molecule has 28 heavy (non-hydrogen) atoms. The zero-order valence-electron chi connectivity index (χ0n) is 15.6. The number of ketones is 1. The van der Waals surface area contributed by atoms with Crippen LogP contribution in [-0.4, -0.2) is 23.8 Å². The first kappa shape index (κ1) is 19.0. The number of benzene rings is 2. The van der Waals surface area contributed by atoms with Gasteiger partial charge in [-0.3, -0.25) is 4.79 Å². The van der Waals surface area contributed by atoms with Crippen molar-refractivity contribution < 1.29 is 19.3 Å². The Balaban J connectivity index is 0.000000516. The van der Waals surface area contributed by atoms with Gasteiger partial charge in [-0.25, -0.2) is 4.98 Å². The number of carbonyl (C=O) groups excluding carboxylic acids is 2. The molecule has 1 heterocycles. The summed E-state index contributed by atoms with van der Waals surface area (Å²) in [5.41, 5.74) is 11.4. The predicted octanol–water partition coefficient (Wildman–Crippen LogP) is 1.20. The summed E-state index contributed by atoms with van der Waals surface area (Å²) >= 11 is 0. The second kappa shape index (κ2) is 7.87. The van der Waals surface area contributed by atoms with E-state index in [9.17, 15) is 4.79 Å². The number of nitrogens with one attached hydrogen (secondary N) is 1. The average molecular weight is 376 g/mol. The van der Waals surface area contributed by atoms with Crippen LogP contribution in [0.2, 0.25) is 0 Å². The van der Waals surface area contributed by atoms with Crippen molar-refractivity contribution in [3.8, 4) is 5.69 Å². The number of hydrogen-bond acceptors (Lipinski definition) is 6. The van der Waals surface area contributed by atoms with Crippen LogP contribution in [0.25, 0.3) is 22.8 Å². The van der Waals surface area contributed by atoms with Gasteiger partial charge in [-0.2, -0.15) is 0 Å². The number of carboxylic acids is 1. The summed E-state index contributed by atoms with van der Waals surface area (Å²) < 4.78 is 2.04. The standard InChI is InChI=1S/C19H16N4O.C2H4O2/c1-21-13-7-8-15-16(11-13)23(14-5-3-2-4-6-14)17-9-12(20)10-18(24)19(17)22-15;1-2(3)4/h2-9,11H,10H2,1H3,(H2,20,21,24);1H3,(H,3,4). The lowest BCUT2D eigenvalue weighted by Crippen LogP contribution is -2.39. The zero-order valence-corrected chi connectivity index (χ0v) is 15.6. The van der Waals surface area contributed by atoms with Crippen molar-refractivity contribution in [2.45, 2.75) is 13.3 Å². The van der Waals surface area contributed by atoms with E-state index in [0.29, 0.717) is 11.4 Å². The number of aromatic nitrogens is 2. The molecule has 0 atom stereocenters. The minimum absolute atomic E-state index is 0.0470. The molecular weight excluding hydrogens is 356 g/mol. The molecule has 0 fully saturated rings. The van der Waals surface area contributed by atoms with Gasteiger partial charge in [0.2, 0.25) is 16.9 Å². The van der Waals surface area contributed by atoms with Crippen molar-refractivity contribution in [2.24, 2.45) is 5.73 Å². The Labute approximate surface area is 162 Å². The fourth-order valence-electron chi connectivity index (χ4n) is 3.06. The fraction of sp³-hybridized carbons (Fsp3) is 0.143. The number of carboxylic acid groups (broad SMARTS) is 1. The van der Waals surface area contributed by atoms with Crippen LogP contribution in [0.1, 0.15) is 29.5 Å². The third-order valence-corrected chi connectivity index (χ3v) is 4.19. The largest absolute Gasteiger partial charge is 0.550 e. The Morgan fingerprint density at radius 3 is 2.54 bits per heavy atom. The lowest BCUT2D eigenvalue weighted by Gasteiger charge is -2.13. The van der Waals surface area contributed by atoms with Gasteiger partial charge in [-0.15, -0.1) is 4.57 Å². The van der Waals surface area contributed by atoms with Gasteiger partial charge in [0, 0.05) is 48.7 Å². The quantitative estimate of drug-likeness (QED) is 0.650. The van der Waals surface area contributed by atoms with Crippen molar-refractivity contribution in [1.82, 2.24) is 4.98 Å². The molecule has 2 aromatic carbocycles. The predicted molar refractivity (Wildman–Crippen MR) is 105 cm³/mol. The van der Waals surface area contributed by atoms with E-state index < -0.39 is 5.97 Å². The second-order valence-electron chi connectivity index (χ2n) is 6.28. The van der Waals surface area contributed by atoms with Crippen LogP contribution in [-0.2, 0) is 4.79 Å².